The van der Waals surface area contributed by atoms with Gasteiger partial charge in [-0.05, 0) is 56.1 Å². The Morgan fingerprint density at radius 2 is 1.81 bits per heavy atom. The molecule has 0 amide bonds. The molecule has 1 heterocycles. The first-order valence-corrected chi connectivity index (χ1v) is 8.42. The monoisotopic (exact) mass is 370 g/mol. The van der Waals surface area contributed by atoms with Crippen LogP contribution in [0.2, 0.25) is 0 Å². The van der Waals surface area contributed by atoms with Crippen molar-refractivity contribution >= 4 is 5.95 Å². The molecule has 5 nitrogen and oxygen atoms in total. The van der Waals surface area contributed by atoms with E-state index in [1.54, 1.807) is 18.3 Å². The van der Waals surface area contributed by atoms with E-state index in [0.29, 0.717) is 36.2 Å². The van der Waals surface area contributed by atoms with E-state index in [0.717, 1.165) is 5.56 Å². The Labute approximate surface area is 156 Å². The second-order valence-electron chi connectivity index (χ2n) is 6.29. The van der Waals surface area contributed by atoms with Gasteiger partial charge in [-0.15, -0.1) is 0 Å². The predicted molar refractivity (Wildman–Crippen MR) is 99.6 cm³/mol. The van der Waals surface area contributed by atoms with Gasteiger partial charge in [0, 0.05) is 30.9 Å². The highest BCUT2D eigenvalue weighted by Gasteiger charge is 2.06. The van der Waals surface area contributed by atoms with Crippen LogP contribution in [0.3, 0.4) is 0 Å². The van der Waals surface area contributed by atoms with Gasteiger partial charge in [0.1, 0.15) is 17.4 Å². The first-order chi connectivity index (χ1) is 13.0. The molecular weight excluding hydrogens is 350 g/mol. The molecule has 140 valence electrons. The molecule has 1 aromatic heterocycles. The third kappa shape index (κ3) is 5.46. The van der Waals surface area contributed by atoms with E-state index in [1.807, 2.05) is 25.1 Å². The molecule has 0 aliphatic rings. The van der Waals surface area contributed by atoms with Gasteiger partial charge in [0.25, 0.3) is 0 Å². The van der Waals surface area contributed by atoms with Crippen molar-refractivity contribution in [1.82, 2.24) is 14.9 Å². The average Bonchev–Trinajstić information content (AvgIpc) is 2.64. The van der Waals surface area contributed by atoms with E-state index in [1.165, 1.54) is 30.3 Å². The molecule has 1 N–H and O–H groups in total. The molecule has 2 aromatic carbocycles. The molecule has 7 heteroatoms. The number of ether oxygens (including phenoxy) is 1. The minimum absolute atomic E-state index is 0.224. The van der Waals surface area contributed by atoms with Gasteiger partial charge in [0.2, 0.25) is 11.8 Å². The molecule has 0 radical (unpaired) electrons. The first kappa shape index (κ1) is 18.7. The molecule has 0 fully saturated rings. The van der Waals surface area contributed by atoms with E-state index in [4.69, 9.17) is 4.74 Å². The fourth-order valence-electron chi connectivity index (χ4n) is 2.49. The lowest BCUT2D eigenvalue weighted by molar-refractivity contribution is 0.392. The number of aromatic nitrogens is 2. The van der Waals surface area contributed by atoms with Crippen molar-refractivity contribution in [3.05, 3.63) is 77.5 Å². The molecule has 3 rings (SSSR count). The summed E-state index contributed by atoms with van der Waals surface area (Å²) in [5.41, 5.74) is 1.55. The zero-order valence-electron chi connectivity index (χ0n) is 15.1. The minimum atomic E-state index is -0.333. The quantitative estimate of drug-likeness (QED) is 0.675. The molecule has 0 aliphatic carbocycles. The van der Waals surface area contributed by atoms with E-state index in [-0.39, 0.29) is 11.6 Å². The maximum atomic E-state index is 13.9. The average molecular weight is 370 g/mol. The lowest BCUT2D eigenvalue weighted by Crippen LogP contribution is -2.12. The second-order valence-corrected chi connectivity index (χ2v) is 6.29. The van der Waals surface area contributed by atoms with Crippen LogP contribution in [-0.4, -0.2) is 29.0 Å². The SMILES string of the molecule is CN(C)Cc1cc(CNc2nccc(Oc3ccc(F)cc3)n2)ccc1F. The topological polar surface area (TPSA) is 50.3 Å². The third-order valence-corrected chi connectivity index (χ3v) is 3.71. The van der Waals surface area contributed by atoms with Gasteiger partial charge in [-0.25, -0.2) is 13.8 Å². The van der Waals surface area contributed by atoms with Gasteiger partial charge in [0.15, 0.2) is 0 Å². The number of benzene rings is 2. The molecule has 0 aliphatic heterocycles. The fraction of sp³-hybridized carbons (Fsp3) is 0.200. The number of nitrogens with zero attached hydrogens (tertiary/aromatic N) is 3. The van der Waals surface area contributed by atoms with Gasteiger partial charge in [-0.3, -0.25) is 0 Å². The molecule has 27 heavy (non-hydrogen) atoms. The largest absolute Gasteiger partial charge is 0.439 e. The van der Waals surface area contributed by atoms with Gasteiger partial charge in [-0.2, -0.15) is 4.98 Å². The van der Waals surface area contributed by atoms with Crippen LogP contribution in [0.1, 0.15) is 11.1 Å². The number of nitrogens with one attached hydrogen (secondary N) is 1. The Bertz CT molecular complexity index is 901. The summed E-state index contributed by atoms with van der Waals surface area (Å²) in [6.07, 6.45) is 1.57. The highest BCUT2D eigenvalue weighted by atomic mass is 19.1. The lowest BCUT2D eigenvalue weighted by Gasteiger charge is -2.12. The highest BCUT2D eigenvalue weighted by molar-refractivity contribution is 5.34. The van der Waals surface area contributed by atoms with E-state index in [9.17, 15) is 8.78 Å². The Morgan fingerprint density at radius 3 is 2.56 bits per heavy atom. The third-order valence-electron chi connectivity index (χ3n) is 3.71. The number of anilines is 1. The van der Waals surface area contributed by atoms with Crippen LogP contribution in [0.15, 0.2) is 54.7 Å². The zero-order chi connectivity index (χ0) is 19.2. The smallest absolute Gasteiger partial charge is 0.226 e. The lowest BCUT2D eigenvalue weighted by atomic mass is 10.1. The van der Waals surface area contributed by atoms with Crippen LogP contribution in [0.4, 0.5) is 14.7 Å². The van der Waals surface area contributed by atoms with Crippen molar-refractivity contribution in [3.63, 3.8) is 0 Å². The molecule has 0 atom stereocenters. The van der Waals surface area contributed by atoms with Crippen LogP contribution >= 0.6 is 0 Å². The number of hydrogen-bond acceptors (Lipinski definition) is 5. The summed E-state index contributed by atoms with van der Waals surface area (Å²) >= 11 is 0. The Morgan fingerprint density at radius 1 is 1.04 bits per heavy atom. The molecule has 3 aromatic rings. The van der Waals surface area contributed by atoms with Crippen molar-refractivity contribution in [2.45, 2.75) is 13.1 Å². The van der Waals surface area contributed by atoms with Crippen molar-refractivity contribution in [3.8, 4) is 11.6 Å². The molecule has 0 saturated heterocycles. The second kappa shape index (κ2) is 8.55. The normalized spacial score (nSPS) is 10.9. The summed E-state index contributed by atoms with van der Waals surface area (Å²) in [6, 6.07) is 12.3. The van der Waals surface area contributed by atoms with Crippen molar-refractivity contribution in [2.75, 3.05) is 19.4 Å². The predicted octanol–water partition coefficient (Wildman–Crippen LogP) is 4.22. The summed E-state index contributed by atoms with van der Waals surface area (Å²) in [5.74, 6) is 0.645. The van der Waals surface area contributed by atoms with Crippen molar-refractivity contribution in [1.29, 1.82) is 0 Å². The van der Waals surface area contributed by atoms with Crippen LogP contribution in [0, 0.1) is 11.6 Å². The van der Waals surface area contributed by atoms with Gasteiger partial charge < -0.3 is 15.0 Å². The maximum absolute atomic E-state index is 13.9. The minimum Gasteiger partial charge on any atom is -0.439 e. The maximum Gasteiger partial charge on any atom is 0.226 e. The first-order valence-electron chi connectivity index (χ1n) is 8.42. The Balaban J connectivity index is 1.65. The summed E-state index contributed by atoms with van der Waals surface area (Å²) in [7, 11) is 3.79. The molecule has 0 saturated carbocycles. The van der Waals surface area contributed by atoms with Crippen molar-refractivity contribution < 1.29 is 13.5 Å². The van der Waals surface area contributed by atoms with Gasteiger partial charge in [-0.1, -0.05) is 6.07 Å². The summed E-state index contributed by atoms with van der Waals surface area (Å²) < 4.78 is 32.4. The van der Waals surface area contributed by atoms with Crippen LogP contribution < -0.4 is 10.1 Å². The number of hydrogen-bond donors (Lipinski definition) is 1. The Hall–Kier alpha value is -3.06. The highest BCUT2D eigenvalue weighted by Crippen LogP contribution is 2.20. The summed E-state index contributed by atoms with van der Waals surface area (Å²) in [6.45, 7) is 0.970. The molecule has 0 bridgehead atoms. The standard InChI is InChI=1S/C20H20F2N4O/c1-26(2)13-15-11-14(3-8-18(15)22)12-24-20-23-10-9-19(25-20)27-17-6-4-16(21)5-7-17/h3-11H,12-13H2,1-2H3,(H,23,24,25). The summed E-state index contributed by atoms with van der Waals surface area (Å²) in [5, 5.41) is 3.10. The van der Waals surface area contributed by atoms with Gasteiger partial charge >= 0.3 is 0 Å². The van der Waals surface area contributed by atoms with Crippen molar-refractivity contribution in [2.24, 2.45) is 0 Å². The fourth-order valence-corrected chi connectivity index (χ4v) is 2.49. The molecule has 0 unspecified atom stereocenters. The van der Waals surface area contributed by atoms with E-state index in [2.05, 4.69) is 15.3 Å². The van der Waals surface area contributed by atoms with Crippen LogP contribution in [0.25, 0.3) is 0 Å². The Kier molecular flexibility index (Phi) is 5.93. The van der Waals surface area contributed by atoms with Crippen LogP contribution in [0.5, 0.6) is 11.6 Å². The van der Waals surface area contributed by atoms with Gasteiger partial charge in [0.05, 0.1) is 0 Å². The zero-order valence-corrected chi connectivity index (χ0v) is 15.1. The summed E-state index contributed by atoms with van der Waals surface area (Å²) in [4.78, 5) is 10.3. The molecular formula is C20H20F2N4O. The van der Waals surface area contributed by atoms with E-state index < -0.39 is 0 Å². The number of halogens is 2. The number of rotatable bonds is 7. The van der Waals surface area contributed by atoms with Crippen LogP contribution in [-0.2, 0) is 13.1 Å². The van der Waals surface area contributed by atoms with E-state index >= 15 is 0 Å². The molecule has 0 spiro atoms.